The van der Waals surface area contributed by atoms with Crippen LogP contribution in [0.2, 0.25) is 0 Å². The number of nitrogens with one attached hydrogen (secondary N) is 1. The standard InChI is InChI=1S/C12H20N2/c1-4-6-12(11(3)5-2)14-9-7-13-8-10-14/h4-6,13H,2,7-10H2,1,3H3/b6-4-,12-11+. The van der Waals surface area contributed by atoms with Crippen LogP contribution in [0.25, 0.3) is 0 Å². The molecule has 2 nitrogen and oxygen atoms in total. The van der Waals surface area contributed by atoms with E-state index in [1.165, 1.54) is 11.3 Å². The smallest absolute Gasteiger partial charge is 0.0393 e. The number of piperazine rings is 1. The molecular formula is C12H20N2. The van der Waals surface area contributed by atoms with Crippen LogP contribution < -0.4 is 5.32 Å². The van der Waals surface area contributed by atoms with Gasteiger partial charge in [-0.3, -0.25) is 0 Å². The van der Waals surface area contributed by atoms with Crippen LogP contribution in [0.15, 0.2) is 36.1 Å². The Bertz CT molecular complexity index is 245. The van der Waals surface area contributed by atoms with Gasteiger partial charge in [0.1, 0.15) is 0 Å². The molecule has 1 N–H and O–H groups in total. The third-order valence-corrected chi connectivity index (χ3v) is 2.49. The van der Waals surface area contributed by atoms with Crippen molar-refractivity contribution in [2.24, 2.45) is 0 Å². The fraction of sp³-hybridized carbons (Fsp3) is 0.500. The summed E-state index contributed by atoms with van der Waals surface area (Å²) in [6, 6.07) is 0. The molecule has 0 bridgehead atoms. The summed E-state index contributed by atoms with van der Waals surface area (Å²) in [6.45, 7) is 12.3. The molecular weight excluding hydrogens is 172 g/mol. The molecule has 1 saturated heterocycles. The van der Waals surface area contributed by atoms with Crippen LogP contribution in [-0.2, 0) is 0 Å². The van der Waals surface area contributed by atoms with Crippen molar-refractivity contribution < 1.29 is 0 Å². The van der Waals surface area contributed by atoms with E-state index in [1.807, 2.05) is 6.08 Å². The first-order valence-corrected chi connectivity index (χ1v) is 5.21. The largest absolute Gasteiger partial charge is 0.369 e. The zero-order chi connectivity index (χ0) is 10.4. The van der Waals surface area contributed by atoms with Crippen LogP contribution in [0, 0.1) is 0 Å². The molecule has 0 aromatic rings. The van der Waals surface area contributed by atoms with Crippen molar-refractivity contribution in [1.29, 1.82) is 0 Å². The molecule has 1 heterocycles. The van der Waals surface area contributed by atoms with Gasteiger partial charge in [-0.1, -0.05) is 18.7 Å². The van der Waals surface area contributed by atoms with Gasteiger partial charge in [0, 0.05) is 31.9 Å². The van der Waals surface area contributed by atoms with E-state index in [-0.39, 0.29) is 0 Å². The van der Waals surface area contributed by atoms with E-state index in [0.29, 0.717) is 0 Å². The highest BCUT2D eigenvalue weighted by atomic mass is 15.2. The Morgan fingerprint density at radius 1 is 1.36 bits per heavy atom. The zero-order valence-corrected chi connectivity index (χ0v) is 9.21. The average Bonchev–Trinajstić information content (AvgIpc) is 2.26. The summed E-state index contributed by atoms with van der Waals surface area (Å²) in [5.41, 5.74) is 2.56. The molecule has 14 heavy (non-hydrogen) atoms. The lowest BCUT2D eigenvalue weighted by molar-refractivity contribution is 0.305. The summed E-state index contributed by atoms with van der Waals surface area (Å²) >= 11 is 0. The predicted octanol–water partition coefficient (Wildman–Crippen LogP) is 1.93. The van der Waals surface area contributed by atoms with Gasteiger partial charge in [0.2, 0.25) is 0 Å². The van der Waals surface area contributed by atoms with E-state index >= 15 is 0 Å². The molecule has 0 aromatic carbocycles. The Morgan fingerprint density at radius 2 is 2.00 bits per heavy atom. The number of hydrogen-bond donors (Lipinski definition) is 1. The van der Waals surface area contributed by atoms with E-state index in [0.717, 1.165) is 26.2 Å². The van der Waals surface area contributed by atoms with Gasteiger partial charge in [-0.2, -0.15) is 0 Å². The van der Waals surface area contributed by atoms with Gasteiger partial charge in [-0.15, -0.1) is 0 Å². The molecule has 0 atom stereocenters. The van der Waals surface area contributed by atoms with Gasteiger partial charge in [0.05, 0.1) is 0 Å². The van der Waals surface area contributed by atoms with Crippen LogP contribution in [0.5, 0.6) is 0 Å². The normalized spacial score (nSPS) is 19.7. The first-order chi connectivity index (χ1) is 6.79. The Kier molecular flexibility index (Phi) is 4.47. The van der Waals surface area contributed by atoms with Crippen LogP contribution in [0.4, 0.5) is 0 Å². The fourth-order valence-corrected chi connectivity index (χ4v) is 1.65. The quantitative estimate of drug-likeness (QED) is 0.687. The Hall–Kier alpha value is -1.02. The maximum Gasteiger partial charge on any atom is 0.0393 e. The molecule has 1 rings (SSSR count). The molecule has 0 aromatic heterocycles. The van der Waals surface area contributed by atoms with Gasteiger partial charge in [-0.25, -0.2) is 0 Å². The molecule has 2 heteroatoms. The maximum atomic E-state index is 3.82. The van der Waals surface area contributed by atoms with Crippen molar-refractivity contribution in [3.63, 3.8) is 0 Å². The Labute approximate surface area is 87.0 Å². The lowest BCUT2D eigenvalue weighted by atomic mass is 10.1. The van der Waals surface area contributed by atoms with Crippen LogP contribution in [0.3, 0.4) is 0 Å². The Morgan fingerprint density at radius 3 is 2.50 bits per heavy atom. The van der Waals surface area contributed by atoms with Crippen molar-refractivity contribution >= 4 is 0 Å². The topological polar surface area (TPSA) is 15.3 Å². The van der Waals surface area contributed by atoms with Gasteiger partial charge >= 0.3 is 0 Å². The second-order valence-corrected chi connectivity index (χ2v) is 3.51. The monoisotopic (exact) mass is 192 g/mol. The van der Waals surface area contributed by atoms with Crippen molar-refractivity contribution in [1.82, 2.24) is 10.2 Å². The summed E-state index contributed by atoms with van der Waals surface area (Å²) < 4.78 is 0. The van der Waals surface area contributed by atoms with E-state index in [4.69, 9.17) is 0 Å². The molecule has 0 amide bonds. The summed E-state index contributed by atoms with van der Waals surface area (Å²) in [4.78, 5) is 2.41. The Balaban J connectivity index is 2.80. The van der Waals surface area contributed by atoms with Crippen molar-refractivity contribution in [2.45, 2.75) is 13.8 Å². The third-order valence-electron chi connectivity index (χ3n) is 2.49. The minimum Gasteiger partial charge on any atom is -0.369 e. The average molecular weight is 192 g/mol. The first-order valence-electron chi connectivity index (χ1n) is 5.21. The molecule has 0 saturated carbocycles. The number of hydrogen-bond acceptors (Lipinski definition) is 2. The highest BCUT2D eigenvalue weighted by molar-refractivity contribution is 5.30. The summed E-state index contributed by atoms with van der Waals surface area (Å²) in [7, 11) is 0. The van der Waals surface area contributed by atoms with Crippen LogP contribution in [0.1, 0.15) is 13.8 Å². The van der Waals surface area contributed by atoms with Crippen molar-refractivity contribution in [2.75, 3.05) is 26.2 Å². The van der Waals surface area contributed by atoms with Gasteiger partial charge < -0.3 is 10.2 Å². The second kappa shape index (κ2) is 5.66. The number of rotatable bonds is 3. The number of allylic oxidation sites excluding steroid dienone is 4. The fourth-order valence-electron chi connectivity index (χ4n) is 1.65. The van der Waals surface area contributed by atoms with Gasteiger partial charge in [0.15, 0.2) is 0 Å². The van der Waals surface area contributed by atoms with Gasteiger partial charge in [-0.05, 0) is 25.5 Å². The summed E-state index contributed by atoms with van der Waals surface area (Å²) in [5, 5.41) is 3.35. The zero-order valence-electron chi connectivity index (χ0n) is 9.21. The minimum absolute atomic E-state index is 1.07. The third kappa shape index (κ3) is 2.74. The van der Waals surface area contributed by atoms with Crippen LogP contribution in [-0.4, -0.2) is 31.1 Å². The molecule has 1 aliphatic heterocycles. The van der Waals surface area contributed by atoms with Crippen molar-refractivity contribution in [3.05, 3.63) is 36.1 Å². The molecule has 0 radical (unpaired) electrons. The predicted molar refractivity (Wildman–Crippen MR) is 62.2 cm³/mol. The summed E-state index contributed by atoms with van der Waals surface area (Å²) in [5.74, 6) is 0. The SMILES string of the molecule is C=C/C(C)=C(\C=C/C)N1CCNCC1. The molecule has 1 aliphatic rings. The molecule has 78 valence electrons. The first kappa shape index (κ1) is 11.1. The second-order valence-electron chi connectivity index (χ2n) is 3.51. The lowest BCUT2D eigenvalue weighted by Crippen LogP contribution is -2.42. The summed E-state index contributed by atoms with van der Waals surface area (Å²) in [6.07, 6.45) is 6.18. The maximum absolute atomic E-state index is 3.82. The molecule has 1 fully saturated rings. The number of nitrogens with zero attached hydrogens (tertiary/aromatic N) is 1. The lowest BCUT2D eigenvalue weighted by Gasteiger charge is -2.31. The van der Waals surface area contributed by atoms with E-state index in [1.54, 1.807) is 0 Å². The van der Waals surface area contributed by atoms with Gasteiger partial charge in [0.25, 0.3) is 0 Å². The van der Waals surface area contributed by atoms with Crippen molar-refractivity contribution in [3.8, 4) is 0 Å². The van der Waals surface area contributed by atoms with E-state index in [2.05, 4.69) is 42.8 Å². The highest BCUT2D eigenvalue weighted by Gasteiger charge is 2.11. The minimum atomic E-state index is 1.07. The van der Waals surface area contributed by atoms with E-state index in [9.17, 15) is 0 Å². The highest BCUT2D eigenvalue weighted by Crippen LogP contribution is 2.13. The van der Waals surface area contributed by atoms with E-state index < -0.39 is 0 Å². The molecule has 0 unspecified atom stereocenters. The molecule has 0 spiro atoms. The molecule has 0 aliphatic carbocycles. The van der Waals surface area contributed by atoms with Crippen LogP contribution >= 0.6 is 0 Å².